The highest BCUT2D eigenvalue weighted by atomic mass is 35.5. The number of halogens is 1. The predicted molar refractivity (Wildman–Crippen MR) is 145 cm³/mol. The van der Waals surface area contributed by atoms with Gasteiger partial charge in [0.1, 0.15) is 5.58 Å². The molecule has 1 aromatic heterocycles. The standard InChI is InChI=1S/C29H24ClNO8/c1-5-38-29(34)15-6-9-18(10-7-15)31-24(16-12-21(35-2)26(37-4)22(13-16)36-3)23-25(32)19-14-17(30)8-11-20(19)39-27(23)28(31)33/h6-14,24H,5H2,1-4H3. The molecule has 0 saturated carbocycles. The van der Waals surface area contributed by atoms with Crippen LogP contribution in [0.2, 0.25) is 5.02 Å². The highest BCUT2D eigenvalue weighted by molar-refractivity contribution is 6.31. The van der Waals surface area contributed by atoms with Crippen LogP contribution in [0.1, 0.15) is 45.0 Å². The molecule has 0 spiro atoms. The number of rotatable bonds is 7. The fourth-order valence-electron chi connectivity index (χ4n) is 4.76. The van der Waals surface area contributed by atoms with E-state index in [0.29, 0.717) is 39.1 Å². The fraction of sp³-hybridized carbons (Fsp3) is 0.207. The number of nitrogens with zero attached hydrogens (tertiary/aromatic N) is 1. The van der Waals surface area contributed by atoms with Gasteiger partial charge >= 0.3 is 5.97 Å². The molecule has 1 aliphatic rings. The second kappa shape index (κ2) is 10.3. The van der Waals surface area contributed by atoms with Crippen LogP contribution in [0.3, 0.4) is 0 Å². The maximum atomic E-state index is 13.9. The van der Waals surface area contributed by atoms with Crippen LogP contribution in [-0.2, 0) is 4.74 Å². The first kappa shape index (κ1) is 26.1. The average molecular weight is 550 g/mol. The minimum absolute atomic E-state index is 0.0944. The zero-order valence-electron chi connectivity index (χ0n) is 21.6. The third-order valence-corrected chi connectivity index (χ3v) is 6.73. The third kappa shape index (κ3) is 4.34. The molecule has 0 N–H and O–H groups in total. The van der Waals surface area contributed by atoms with E-state index in [4.69, 9.17) is 35.0 Å². The molecule has 0 bridgehead atoms. The monoisotopic (exact) mass is 549 g/mol. The molecule has 2 heterocycles. The molecule has 0 aliphatic carbocycles. The quantitative estimate of drug-likeness (QED) is 0.282. The van der Waals surface area contributed by atoms with E-state index in [2.05, 4.69) is 0 Å². The molecule has 1 aliphatic heterocycles. The van der Waals surface area contributed by atoms with E-state index in [1.54, 1.807) is 55.5 Å². The van der Waals surface area contributed by atoms with Gasteiger partial charge in [0.2, 0.25) is 11.5 Å². The minimum Gasteiger partial charge on any atom is -0.493 e. The van der Waals surface area contributed by atoms with Crippen molar-refractivity contribution >= 4 is 40.1 Å². The van der Waals surface area contributed by atoms with Crippen molar-refractivity contribution in [2.75, 3.05) is 32.8 Å². The topological polar surface area (TPSA) is 105 Å². The Bertz CT molecular complexity index is 1640. The van der Waals surface area contributed by atoms with Crippen molar-refractivity contribution in [3.05, 3.63) is 92.3 Å². The number of fused-ring (bicyclic) bond motifs is 2. The number of anilines is 1. The van der Waals surface area contributed by atoms with Gasteiger partial charge in [-0.15, -0.1) is 0 Å². The van der Waals surface area contributed by atoms with Gasteiger partial charge < -0.3 is 23.4 Å². The normalized spacial score (nSPS) is 14.3. The average Bonchev–Trinajstić information content (AvgIpc) is 3.25. The van der Waals surface area contributed by atoms with Crippen molar-refractivity contribution in [1.29, 1.82) is 0 Å². The first-order valence-corrected chi connectivity index (χ1v) is 12.4. The van der Waals surface area contributed by atoms with Gasteiger partial charge in [0.15, 0.2) is 16.9 Å². The molecule has 4 aromatic rings. The van der Waals surface area contributed by atoms with Gasteiger partial charge in [-0.2, -0.15) is 0 Å². The van der Waals surface area contributed by atoms with Crippen LogP contribution in [-0.4, -0.2) is 39.8 Å². The smallest absolute Gasteiger partial charge is 0.338 e. The molecule has 1 atom stereocenters. The highest BCUT2D eigenvalue weighted by Gasteiger charge is 2.44. The SMILES string of the molecule is CCOC(=O)c1ccc(N2C(=O)c3oc4ccc(Cl)cc4c(=O)c3C2c2cc(OC)c(OC)c(OC)c2)cc1. The number of amides is 1. The zero-order chi connectivity index (χ0) is 27.8. The van der Waals surface area contributed by atoms with E-state index in [1.807, 2.05) is 0 Å². The van der Waals surface area contributed by atoms with Gasteiger partial charge in [-0.25, -0.2) is 4.79 Å². The molecule has 3 aromatic carbocycles. The summed E-state index contributed by atoms with van der Waals surface area (Å²) in [5, 5.41) is 0.598. The van der Waals surface area contributed by atoms with Crippen LogP contribution in [0.25, 0.3) is 11.0 Å². The predicted octanol–water partition coefficient (Wildman–Crippen LogP) is 5.40. The summed E-state index contributed by atoms with van der Waals surface area (Å²) in [6, 6.07) is 13.4. The maximum Gasteiger partial charge on any atom is 0.338 e. The van der Waals surface area contributed by atoms with E-state index in [0.717, 1.165) is 0 Å². The van der Waals surface area contributed by atoms with Gasteiger partial charge in [-0.3, -0.25) is 14.5 Å². The lowest BCUT2D eigenvalue weighted by Crippen LogP contribution is -2.29. The molecule has 0 saturated heterocycles. The number of benzene rings is 3. The summed E-state index contributed by atoms with van der Waals surface area (Å²) >= 11 is 6.18. The fourth-order valence-corrected chi connectivity index (χ4v) is 4.93. The Balaban J connectivity index is 1.76. The highest BCUT2D eigenvalue weighted by Crippen LogP contribution is 2.46. The Kier molecular flexibility index (Phi) is 6.93. The van der Waals surface area contributed by atoms with Gasteiger partial charge in [0.25, 0.3) is 5.91 Å². The summed E-state index contributed by atoms with van der Waals surface area (Å²) < 4.78 is 27.6. The van der Waals surface area contributed by atoms with Gasteiger partial charge in [-0.05, 0) is 67.1 Å². The van der Waals surface area contributed by atoms with E-state index >= 15 is 0 Å². The number of esters is 1. The zero-order valence-corrected chi connectivity index (χ0v) is 22.3. The minimum atomic E-state index is -0.922. The molecular weight excluding hydrogens is 526 g/mol. The largest absolute Gasteiger partial charge is 0.493 e. The Hall–Kier alpha value is -4.50. The molecule has 10 heteroatoms. The molecule has 39 heavy (non-hydrogen) atoms. The number of methoxy groups -OCH3 is 3. The van der Waals surface area contributed by atoms with Crippen LogP contribution in [0.4, 0.5) is 5.69 Å². The van der Waals surface area contributed by atoms with Crippen LogP contribution >= 0.6 is 11.6 Å². The Morgan fingerprint density at radius 2 is 1.62 bits per heavy atom. The van der Waals surface area contributed by atoms with Crippen LogP contribution in [0.5, 0.6) is 17.2 Å². The third-order valence-electron chi connectivity index (χ3n) is 6.49. The van der Waals surface area contributed by atoms with Crippen LogP contribution in [0, 0.1) is 0 Å². The molecule has 5 rings (SSSR count). The van der Waals surface area contributed by atoms with Crippen LogP contribution < -0.4 is 24.5 Å². The lowest BCUT2D eigenvalue weighted by atomic mass is 9.97. The van der Waals surface area contributed by atoms with E-state index < -0.39 is 23.3 Å². The Morgan fingerprint density at radius 3 is 2.21 bits per heavy atom. The summed E-state index contributed by atoms with van der Waals surface area (Å²) in [7, 11) is 4.44. The van der Waals surface area contributed by atoms with Crippen molar-refractivity contribution in [3.8, 4) is 17.2 Å². The van der Waals surface area contributed by atoms with Crippen molar-refractivity contribution in [2.45, 2.75) is 13.0 Å². The van der Waals surface area contributed by atoms with Crippen molar-refractivity contribution < 1.29 is 33.0 Å². The van der Waals surface area contributed by atoms with Crippen molar-refractivity contribution in [2.24, 2.45) is 0 Å². The molecule has 1 amide bonds. The molecule has 0 radical (unpaired) electrons. The molecule has 200 valence electrons. The first-order chi connectivity index (χ1) is 18.8. The number of hydrogen-bond acceptors (Lipinski definition) is 8. The Labute approximate surface area is 228 Å². The van der Waals surface area contributed by atoms with Gasteiger partial charge in [0.05, 0.1) is 50.5 Å². The van der Waals surface area contributed by atoms with Gasteiger partial charge in [-0.1, -0.05) is 11.6 Å². The molecule has 1 unspecified atom stereocenters. The second-order valence-corrected chi connectivity index (χ2v) is 9.05. The van der Waals surface area contributed by atoms with Crippen molar-refractivity contribution in [3.63, 3.8) is 0 Å². The first-order valence-electron chi connectivity index (χ1n) is 12.0. The number of carbonyl (C=O) groups excluding carboxylic acids is 2. The molecular formula is C29H24ClNO8. The van der Waals surface area contributed by atoms with E-state index in [1.165, 1.54) is 32.3 Å². The summed E-state index contributed by atoms with van der Waals surface area (Å²) in [5.41, 5.74) is 1.24. The number of hydrogen-bond donors (Lipinski definition) is 0. The summed E-state index contributed by atoms with van der Waals surface area (Å²) in [6.45, 7) is 1.95. The lowest BCUT2D eigenvalue weighted by Gasteiger charge is -2.26. The Morgan fingerprint density at radius 1 is 0.949 bits per heavy atom. The molecule has 9 nitrogen and oxygen atoms in total. The summed E-state index contributed by atoms with van der Waals surface area (Å²) in [5.74, 6) is -0.0565. The van der Waals surface area contributed by atoms with E-state index in [-0.39, 0.29) is 28.9 Å². The maximum absolute atomic E-state index is 13.9. The summed E-state index contributed by atoms with van der Waals surface area (Å²) in [6.07, 6.45) is 0. The summed E-state index contributed by atoms with van der Waals surface area (Å²) in [4.78, 5) is 41.4. The lowest BCUT2D eigenvalue weighted by molar-refractivity contribution is 0.0526. The number of ether oxygens (including phenoxy) is 4. The van der Waals surface area contributed by atoms with E-state index in [9.17, 15) is 14.4 Å². The molecule has 0 fully saturated rings. The number of carbonyl (C=O) groups is 2. The van der Waals surface area contributed by atoms with Crippen LogP contribution in [0.15, 0.2) is 63.8 Å². The van der Waals surface area contributed by atoms with Gasteiger partial charge in [0, 0.05) is 10.7 Å². The second-order valence-electron chi connectivity index (χ2n) is 8.62. The van der Waals surface area contributed by atoms with Crippen molar-refractivity contribution in [1.82, 2.24) is 0 Å².